The molecule has 0 fully saturated rings. The molecule has 6 heteroatoms. The summed E-state index contributed by atoms with van der Waals surface area (Å²) in [4.78, 5) is 23.6. The van der Waals surface area contributed by atoms with Gasteiger partial charge in [-0.25, -0.2) is 4.79 Å². The summed E-state index contributed by atoms with van der Waals surface area (Å²) in [6.45, 7) is 7.93. The summed E-state index contributed by atoms with van der Waals surface area (Å²) in [7, 11) is 0. The van der Waals surface area contributed by atoms with E-state index in [2.05, 4.69) is 24.3 Å². The minimum atomic E-state index is -1.03. The van der Waals surface area contributed by atoms with Crippen LogP contribution in [-0.4, -0.2) is 26.8 Å². The van der Waals surface area contributed by atoms with Gasteiger partial charge in [0.1, 0.15) is 0 Å². The van der Waals surface area contributed by atoms with E-state index in [1.54, 1.807) is 12.1 Å². The lowest BCUT2D eigenvalue weighted by molar-refractivity contribution is 0.0696. The minimum Gasteiger partial charge on any atom is -0.478 e. The molecule has 1 amide bonds. The molecule has 0 bridgehead atoms. The van der Waals surface area contributed by atoms with E-state index in [1.807, 2.05) is 18.5 Å². The molecule has 0 saturated carbocycles. The van der Waals surface area contributed by atoms with Crippen LogP contribution in [-0.2, 0) is 0 Å². The molecule has 1 heterocycles. The highest BCUT2D eigenvalue weighted by atomic mass is 16.4. The Balaban J connectivity index is 2.26. The lowest BCUT2D eigenvalue weighted by Gasteiger charge is -2.14. The number of rotatable bonds is 6. The molecule has 24 heavy (non-hydrogen) atoms. The summed E-state index contributed by atoms with van der Waals surface area (Å²) in [5.74, 6) is -1.37. The van der Waals surface area contributed by atoms with Crippen LogP contribution >= 0.6 is 0 Å². The molecule has 0 saturated heterocycles. The molecular weight excluding hydrogens is 306 g/mol. The first kappa shape index (κ1) is 17.7. The predicted octanol–water partition coefficient (Wildman–Crippen LogP) is 3.81. The Hall–Kier alpha value is -2.63. The number of carboxylic acid groups (broad SMARTS) is 1. The highest BCUT2D eigenvalue weighted by molar-refractivity contribution is 6.04. The van der Waals surface area contributed by atoms with Crippen LogP contribution in [0.25, 0.3) is 0 Å². The standard InChI is InChI=1S/C18H23N3O3/c1-5-14(6-2)21-12(4)9-16(20-21)17(22)19-15-10-13(18(23)24)8-7-11(15)3/h7-10,14H,5-6H2,1-4H3,(H,19,22)(H,23,24). The lowest BCUT2D eigenvalue weighted by atomic mass is 10.1. The average molecular weight is 329 g/mol. The van der Waals surface area contributed by atoms with E-state index in [1.165, 1.54) is 12.1 Å². The van der Waals surface area contributed by atoms with Crippen molar-refractivity contribution in [1.82, 2.24) is 9.78 Å². The van der Waals surface area contributed by atoms with Crippen LogP contribution < -0.4 is 5.32 Å². The molecule has 2 rings (SSSR count). The number of nitrogens with zero attached hydrogens (tertiary/aromatic N) is 2. The number of nitrogens with one attached hydrogen (secondary N) is 1. The van der Waals surface area contributed by atoms with Crippen molar-refractivity contribution in [3.8, 4) is 0 Å². The van der Waals surface area contributed by atoms with Gasteiger partial charge < -0.3 is 10.4 Å². The zero-order chi connectivity index (χ0) is 17.9. The first-order valence-corrected chi connectivity index (χ1v) is 8.08. The van der Waals surface area contributed by atoms with Crippen molar-refractivity contribution in [1.29, 1.82) is 0 Å². The SMILES string of the molecule is CCC(CC)n1nc(C(=O)Nc2cc(C(=O)O)ccc2C)cc1C. The second-order valence-corrected chi connectivity index (χ2v) is 5.87. The first-order chi connectivity index (χ1) is 11.4. The second-order valence-electron chi connectivity index (χ2n) is 5.87. The molecule has 2 N–H and O–H groups in total. The molecule has 0 aliphatic rings. The number of aromatic nitrogens is 2. The summed E-state index contributed by atoms with van der Waals surface area (Å²) in [6.07, 6.45) is 1.89. The Morgan fingerprint density at radius 3 is 2.46 bits per heavy atom. The number of carbonyl (C=O) groups is 2. The molecule has 1 aromatic heterocycles. The van der Waals surface area contributed by atoms with Gasteiger partial charge in [-0.1, -0.05) is 19.9 Å². The molecular formula is C18H23N3O3. The zero-order valence-corrected chi connectivity index (χ0v) is 14.5. The Morgan fingerprint density at radius 1 is 1.21 bits per heavy atom. The quantitative estimate of drug-likeness (QED) is 0.844. The summed E-state index contributed by atoms with van der Waals surface area (Å²) in [6, 6.07) is 6.67. The van der Waals surface area contributed by atoms with Crippen molar-refractivity contribution in [2.45, 2.75) is 46.6 Å². The molecule has 0 spiro atoms. The van der Waals surface area contributed by atoms with Gasteiger partial charge >= 0.3 is 5.97 Å². The van der Waals surface area contributed by atoms with E-state index in [-0.39, 0.29) is 17.5 Å². The van der Waals surface area contributed by atoms with Crippen LogP contribution in [0.2, 0.25) is 0 Å². The fraction of sp³-hybridized carbons (Fsp3) is 0.389. The number of hydrogen-bond acceptors (Lipinski definition) is 3. The van der Waals surface area contributed by atoms with Gasteiger partial charge in [0.15, 0.2) is 5.69 Å². The Labute approximate surface area is 141 Å². The summed E-state index contributed by atoms with van der Waals surface area (Å²) >= 11 is 0. The third-order valence-electron chi connectivity index (χ3n) is 4.18. The number of benzene rings is 1. The summed E-state index contributed by atoms with van der Waals surface area (Å²) in [5.41, 5.74) is 2.68. The van der Waals surface area contributed by atoms with Crippen molar-refractivity contribution < 1.29 is 14.7 Å². The predicted molar refractivity (Wildman–Crippen MR) is 92.7 cm³/mol. The van der Waals surface area contributed by atoms with Crippen molar-refractivity contribution in [3.05, 3.63) is 46.8 Å². The van der Waals surface area contributed by atoms with Gasteiger partial charge in [-0.2, -0.15) is 5.10 Å². The zero-order valence-electron chi connectivity index (χ0n) is 14.5. The second kappa shape index (κ2) is 7.29. The van der Waals surface area contributed by atoms with E-state index in [0.29, 0.717) is 11.4 Å². The van der Waals surface area contributed by atoms with Crippen molar-refractivity contribution >= 4 is 17.6 Å². The maximum absolute atomic E-state index is 12.5. The number of carboxylic acids is 1. The molecule has 0 radical (unpaired) electrons. The Bertz CT molecular complexity index is 761. The third-order valence-corrected chi connectivity index (χ3v) is 4.18. The molecule has 128 valence electrons. The fourth-order valence-corrected chi connectivity index (χ4v) is 2.68. The fourth-order valence-electron chi connectivity index (χ4n) is 2.68. The van der Waals surface area contributed by atoms with Gasteiger partial charge in [-0.15, -0.1) is 0 Å². The van der Waals surface area contributed by atoms with Crippen molar-refractivity contribution in [2.24, 2.45) is 0 Å². The Kier molecular flexibility index (Phi) is 5.39. The van der Waals surface area contributed by atoms with Gasteiger partial charge in [-0.3, -0.25) is 9.48 Å². The van der Waals surface area contributed by atoms with Gasteiger partial charge in [0.2, 0.25) is 0 Å². The number of carbonyl (C=O) groups excluding carboxylic acids is 1. The van der Waals surface area contributed by atoms with Gasteiger partial charge in [0.05, 0.1) is 11.6 Å². The van der Waals surface area contributed by atoms with E-state index < -0.39 is 5.97 Å². The van der Waals surface area contributed by atoms with E-state index in [4.69, 9.17) is 5.11 Å². The largest absolute Gasteiger partial charge is 0.478 e. The summed E-state index contributed by atoms with van der Waals surface area (Å²) in [5, 5.41) is 16.3. The van der Waals surface area contributed by atoms with E-state index in [0.717, 1.165) is 24.1 Å². The van der Waals surface area contributed by atoms with Gasteiger partial charge in [0, 0.05) is 11.4 Å². The number of aromatic carboxylic acids is 1. The molecule has 1 aromatic carbocycles. The van der Waals surface area contributed by atoms with Crippen LogP contribution in [0.5, 0.6) is 0 Å². The first-order valence-electron chi connectivity index (χ1n) is 8.08. The van der Waals surface area contributed by atoms with Crippen molar-refractivity contribution in [3.63, 3.8) is 0 Å². The molecule has 0 aliphatic carbocycles. The monoisotopic (exact) mass is 329 g/mol. The average Bonchev–Trinajstić information content (AvgIpc) is 2.92. The number of amides is 1. The maximum Gasteiger partial charge on any atom is 0.335 e. The molecule has 0 aliphatic heterocycles. The molecule has 0 atom stereocenters. The topological polar surface area (TPSA) is 84.2 Å². The van der Waals surface area contributed by atoms with Gasteiger partial charge in [-0.05, 0) is 50.5 Å². The van der Waals surface area contributed by atoms with Crippen LogP contribution in [0.15, 0.2) is 24.3 Å². The normalized spacial score (nSPS) is 10.9. The minimum absolute atomic E-state index is 0.134. The number of aryl methyl sites for hydroxylation is 2. The lowest BCUT2D eigenvalue weighted by Crippen LogP contribution is -2.16. The molecule has 0 unspecified atom stereocenters. The number of hydrogen-bond donors (Lipinski definition) is 2. The number of anilines is 1. The van der Waals surface area contributed by atoms with E-state index >= 15 is 0 Å². The van der Waals surface area contributed by atoms with Crippen LogP contribution in [0.3, 0.4) is 0 Å². The maximum atomic E-state index is 12.5. The molecule has 6 nitrogen and oxygen atoms in total. The van der Waals surface area contributed by atoms with Crippen LogP contribution in [0, 0.1) is 13.8 Å². The molecule has 2 aromatic rings. The highest BCUT2D eigenvalue weighted by Crippen LogP contribution is 2.20. The van der Waals surface area contributed by atoms with Crippen molar-refractivity contribution in [2.75, 3.05) is 5.32 Å². The summed E-state index contributed by atoms with van der Waals surface area (Å²) < 4.78 is 1.88. The smallest absolute Gasteiger partial charge is 0.335 e. The van der Waals surface area contributed by atoms with Crippen LogP contribution in [0.4, 0.5) is 5.69 Å². The third kappa shape index (κ3) is 3.64. The highest BCUT2D eigenvalue weighted by Gasteiger charge is 2.17. The van der Waals surface area contributed by atoms with Gasteiger partial charge in [0.25, 0.3) is 5.91 Å². The van der Waals surface area contributed by atoms with E-state index in [9.17, 15) is 9.59 Å². The van der Waals surface area contributed by atoms with Crippen LogP contribution in [0.1, 0.15) is 64.8 Å². The Morgan fingerprint density at radius 2 is 1.88 bits per heavy atom.